The van der Waals surface area contributed by atoms with E-state index in [2.05, 4.69) is 25.8 Å². The largest absolute Gasteiger partial charge is 0.380 e. The first-order valence-corrected chi connectivity index (χ1v) is 6.07. The fourth-order valence-electron chi connectivity index (χ4n) is 1.32. The molecular formula is C12H27NO. The summed E-state index contributed by atoms with van der Waals surface area (Å²) in [6.07, 6.45) is 6.37. The van der Waals surface area contributed by atoms with Gasteiger partial charge in [-0.25, -0.2) is 0 Å². The summed E-state index contributed by atoms with van der Waals surface area (Å²) < 4.78 is 5.54. The Balaban J connectivity index is 3.02. The summed E-state index contributed by atoms with van der Waals surface area (Å²) in [6.45, 7) is 8.56. The fraction of sp³-hybridized carbons (Fsp3) is 1.00. The molecule has 0 saturated carbocycles. The molecule has 0 saturated heterocycles. The maximum absolute atomic E-state index is 5.54. The molecule has 0 spiro atoms. The van der Waals surface area contributed by atoms with Crippen molar-refractivity contribution in [2.45, 2.75) is 46.0 Å². The minimum absolute atomic E-state index is 0.893. The third-order valence-corrected chi connectivity index (χ3v) is 2.40. The molecule has 14 heavy (non-hydrogen) atoms. The standard InChI is InChI=1S/C12H27NO/c1-4-6-8-11-14-12-10-13(3)9-7-5-2/h4-12H2,1-3H3. The third kappa shape index (κ3) is 10.0. The Morgan fingerprint density at radius 3 is 2.21 bits per heavy atom. The van der Waals surface area contributed by atoms with Gasteiger partial charge in [0.05, 0.1) is 6.61 Å². The van der Waals surface area contributed by atoms with E-state index < -0.39 is 0 Å². The Kier molecular flexibility index (Phi) is 10.9. The molecule has 0 heterocycles. The van der Waals surface area contributed by atoms with Crippen LogP contribution in [-0.2, 0) is 4.74 Å². The van der Waals surface area contributed by atoms with Crippen LogP contribution in [0.5, 0.6) is 0 Å². The van der Waals surface area contributed by atoms with Gasteiger partial charge in [0, 0.05) is 13.2 Å². The number of hydrogen-bond donors (Lipinski definition) is 0. The van der Waals surface area contributed by atoms with Crippen LogP contribution < -0.4 is 0 Å². The molecule has 0 aromatic heterocycles. The van der Waals surface area contributed by atoms with Crippen LogP contribution in [-0.4, -0.2) is 38.3 Å². The lowest BCUT2D eigenvalue weighted by Gasteiger charge is -2.15. The van der Waals surface area contributed by atoms with Crippen LogP contribution in [0.1, 0.15) is 46.0 Å². The summed E-state index contributed by atoms with van der Waals surface area (Å²) in [5, 5.41) is 0. The number of rotatable bonds is 10. The molecule has 0 amide bonds. The van der Waals surface area contributed by atoms with Crippen molar-refractivity contribution in [3.05, 3.63) is 0 Å². The third-order valence-electron chi connectivity index (χ3n) is 2.40. The zero-order valence-corrected chi connectivity index (χ0v) is 10.2. The normalized spacial score (nSPS) is 11.1. The number of likely N-dealkylation sites (N-methyl/N-ethyl adjacent to an activating group) is 1. The summed E-state index contributed by atoms with van der Waals surface area (Å²) in [6, 6.07) is 0. The van der Waals surface area contributed by atoms with Crippen LogP contribution >= 0.6 is 0 Å². The second kappa shape index (κ2) is 11.0. The van der Waals surface area contributed by atoms with Gasteiger partial charge in [0.15, 0.2) is 0 Å². The first-order valence-electron chi connectivity index (χ1n) is 6.07. The topological polar surface area (TPSA) is 12.5 Å². The average molecular weight is 201 g/mol. The van der Waals surface area contributed by atoms with Crippen molar-refractivity contribution in [2.24, 2.45) is 0 Å². The van der Waals surface area contributed by atoms with E-state index in [4.69, 9.17) is 4.74 Å². The molecule has 0 N–H and O–H groups in total. The Morgan fingerprint density at radius 1 is 0.857 bits per heavy atom. The predicted molar refractivity (Wildman–Crippen MR) is 62.7 cm³/mol. The van der Waals surface area contributed by atoms with Gasteiger partial charge >= 0.3 is 0 Å². The molecule has 0 aliphatic rings. The van der Waals surface area contributed by atoms with Crippen molar-refractivity contribution in [2.75, 3.05) is 33.4 Å². The first-order chi connectivity index (χ1) is 6.81. The Hall–Kier alpha value is -0.0800. The smallest absolute Gasteiger partial charge is 0.0593 e. The first kappa shape index (κ1) is 13.9. The maximum atomic E-state index is 5.54. The Labute approximate surface area is 89.6 Å². The Bertz CT molecular complexity index is 106. The SMILES string of the molecule is CCCCCOCCN(C)CCCC. The predicted octanol–water partition coefficient (Wildman–Crippen LogP) is 2.93. The van der Waals surface area contributed by atoms with E-state index in [1.807, 2.05) is 0 Å². The minimum atomic E-state index is 0.893. The van der Waals surface area contributed by atoms with E-state index in [9.17, 15) is 0 Å². The summed E-state index contributed by atoms with van der Waals surface area (Å²) >= 11 is 0. The molecule has 86 valence electrons. The zero-order chi connectivity index (χ0) is 10.6. The van der Waals surface area contributed by atoms with E-state index in [0.717, 1.165) is 19.8 Å². The van der Waals surface area contributed by atoms with Gasteiger partial charge in [0.2, 0.25) is 0 Å². The van der Waals surface area contributed by atoms with E-state index in [0.29, 0.717) is 0 Å². The van der Waals surface area contributed by atoms with Gasteiger partial charge in [-0.15, -0.1) is 0 Å². The highest BCUT2D eigenvalue weighted by atomic mass is 16.5. The highest BCUT2D eigenvalue weighted by Crippen LogP contribution is 1.95. The molecule has 0 aliphatic carbocycles. The van der Waals surface area contributed by atoms with Crippen LogP contribution in [0.15, 0.2) is 0 Å². The number of nitrogens with zero attached hydrogens (tertiary/aromatic N) is 1. The monoisotopic (exact) mass is 201 g/mol. The lowest BCUT2D eigenvalue weighted by molar-refractivity contribution is 0.108. The maximum Gasteiger partial charge on any atom is 0.0593 e. The quantitative estimate of drug-likeness (QED) is 0.504. The molecular weight excluding hydrogens is 174 g/mol. The van der Waals surface area contributed by atoms with Crippen molar-refractivity contribution in [1.29, 1.82) is 0 Å². The number of hydrogen-bond acceptors (Lipinski definition) is 2. The van der Waals surface area contributed by atoms with Crippen molar-refractivity contribution < 1.29 is 4.74 Å². The number of unbranched alkanes of at least 4 members (excludes halogenated alkanes) is 3. The van der Waals surface area contributed by atoms with Crippen LogP contribution in [0.25, 0.3) is 0 Å². The Morgan fingerprint density at radius 2 is 1.57 bits per heavy atom. The van der Waals surface area contributed by atoms with Crippen LogP contribution in [0.3, 0.4) is 0 Å². The molecule has 0 unspecified atom stereocenters. The lowest BCUT2D eigenvalue weighted by atomic mass is 10.3. The van der Waals surface area contributed by atoms with Crippen LogP contribution in [0, 0.1) is 0 Å². The van der Waals surface area contributed by atoms with Crippen molar-refractivity contribution in [3.8, 4) is 0 Å². The highest BCUT2D eigenvalue weighted by molar-refractivity contribution is 4.49. The average Bonchev–Trinajstić information content (AvgIpc) is 2.20. The molecule has 0 aromatic rings. The molecule has 0 aromatic carbocycles. The minimum Gasteiger partial charge on any atom is -0.380 e. The second-order valence-corrected chi connectivity index (χ2v) is 3.98. The van der Waals surface area contributed by atoms with Gasteiger partial charge in [0.1, 0.15) is 0 Å². The molecule has 2 nitrogen and oxygen atoms in total. The fourth-order valence-corrected chi connectivity index (χ4v) is 1.32. The van der Waals surface area contributed by atoms with Crippen molar-refractivity contribution in [1.82, 2.24) is 4.90 Å². The molecule has 0 atom stereocenters. The van der Waals surface area contributed by atoms with Gasteiger partial charge < -0.3 is 9.64 Å². The summed E-state index contributed by atoms with van der Waals surface area (Å²) in [5.74, 6) is 0. The van der Waals surface area contributed by atoms with E-state index in [-0.39, 0.29) is 0 Å². The zero-order valence-electron chi connectivity index (χ0n) is 10.2. The van der Waals surface area contributed by atoms with Gasteiger partial charge in [-0.3, -0.25) is 0 Å². The molecule has 2 heteroatoms. The molecule has 0 radical (unpaired) electrons. The molecule has 0 aliphatic heterocycles. The van der Waals surface area contributed by atoms with E-state index in [1.54, 1.807) is 0 Å². The van der Waals surface area contributed by atoms with Crippen LogP contribution in [0.4, 0.5) is 0 Å². The van der Waals surface area contributed by atoms with E-state index >= 15 is 0 Å². The van der Waals surface area contributed by atoms with Crippen molar-refractivity contribution >= 4 is 0 Å². The second-order valence-electron chi connectivity index (χ2n) is 3.98. The highest BCUT2D eigenvalue weighted by Gasteiger charge is 1.96. The van der Waals surface area contributed by atoms with Crippen molar-refractivity contribution in [3.63, 3.8) is 0 Å². The van der Waals surface area contributed by atoms with Gasteiger partial charge in [-0.05, 0) is 26.4 Å². The molecule has 0 rings (SSSR count). The van der Waals surface area contributed by atoms with Gasteiger partial charge in [0.25, 0.3) is 0 Å². The van der Waals surface area contributed by atoms with E-state index in [1.165, 1.54) is 38.6 Å². The summed E-state index contributed by atoms with van der Waals surface area (Å²) in [7, 11) is 2.17. The van der Waals surface area contributed by atoms with Gasteiger partial charge in [-0.2, -0.15) is 0 Å². The summed E-state index contributed by atoms with van der Waals surface area (Å²) in [5.41, 5.74) is 0. The van der Waals surface area contributed by atoms with Crippen LogP contribution in [0.2, 0.25) is 0 Å². The lowest BCUT2D eigenvalue weighted by Crippen LogP contribution is -2.24. The molecule has 0 bridgehead atoms. The summed E-state index contributed by atoms with van der Waals surface area (Å²) in [4.78, 5) is 2.35. The number of ether oxygens (including phenoxy) is 1. The molecule has 0 fully saturated rings. The van der Waals surface area contributed by atoms with Gasteiger partial charge in [-0.1, -0.05) is 33.1 Å².